The average Bonchev–Trinajstić information content (AvgIpc) is 2.86. The fourth-order valence-corrected chi connectivity index (χ4v) is 1.72. The lowest BCUT2D eigenvalue weighted by Crippen LogP contribution is -2.31. The SMILES string of the molecule is Cc1cccc(-c2nnc(CN(C)C(C)CO)o2)c1. The zero-order valence-corrected chi connectivity index (χ0v) is 11.5. The van der Waals surface area contributed by atoms with Crippen molar-refractivity contribution in [1.29, 1.82) is 0 Å². The molecule has 102 valence electrons. The standard InChI is InChI=1S/C14H19N3O2/c1-10-5-4-6-12(7-10)14-16-15-13(19-14)8-17(3)11(2)9-18/h4-7,11,18H,8-9H2,1-3H3. The highest BCUT2D eigenvalue weighted by Gasteiger charge is 2.13. The third-order valence-electron chi connectivity index (χ3n) is 3.13. The van der Waals surface area contributed by atoms with E-state index in [4.69, 9.17) is 9.52 Å². The second-order valence-corrected chi connectivity index (χ2v) is 4.82. The maximum atomic E-state index is 9.09. The van der Waals surface area contributed by atoms with Crippen molar-refractivity contribution >= 4 is 0 Å². The van der Waals surface area contributed by atoms with E-state index in [0.29, 0.717) is 18.3 Å². The summed E-state index contributed by atoms with van der Waals surface area (Å²) in [6.45, 7) is 4.60. The fraction of sp³-hybridized carbons (Fsp3) is 0.429. The van der Waals surface area contributed by atoms with Gasteiger partial charge in [-0.1, -0.05) is 17.7 Å². The van der Waals surface area contributed by atoms with Gasteiger partial charge in [0.15, 0.2) is 0 Å². The van der Waals surface area contributed by atoms with Crippen LogP contribution in [0.5, 0.6) is 0 Å². The second kappa shape index (κ2) is 5.95. The Balaban J connectivity index is 2.11. The molecular weight excluding hydrogens is 242 g/mol. The summed E-state index contributed by atoms with van der Waals surface area (Å²) in [6.07, 6.45) is 0. The normalized spacial score (nSPS) is 12.9. The molecule has 0 saturated heterocycles. The van der Waals surface area contributed by atoms with E-state index in [2.05, 4.69) is 10.2 Å². The number of aliphatic hydroxyl groups excluding tert-OH is 1. The van der Waals surface area contributed by atoms with Gasteiger partial charge < -0.3 is 9.52 Å². The molecule has 1 atom stereocenters. The molecule has 5 heteroatoms. The second-order valence-electron chi connectivity index (χ2n) is 4.82. The molecule has 0 aliphatic heterocycles. The molecule has 0 saturated carbocycles. The van der Waals surface area contributed by atoms with E-state index in [0.717, 1.165) is 11.1 Å². The lowest BCUT2D eigenvalue weighted by molar-refractivity contribution is 0.145. The highest BCUT2D eigenvalue weighted by Crippen LogP contribution is 2.19. The Morgan fingerprint density at radius 3 is 2.84 bits per heavy atom. The van der Waals surface area contributed by atoms with Gasteiger partial charge in [-0.15, -0.1) is 10.2 Å². The molecule has 2 aromatic rings. The van der Waals surface area contributed by atoms with Crippen LogP contribution in [0.4, 0.5) is 0 Å². The smallest absolute Gasteiger partial charge is 0.247 e. The van der Waals surface area contributed by atoms with Crippen molar-refractivity contribution in [3.8, 4) is 11.5 Å². The first kappa shape index (κ1) is 13.7. The fourth-order valence-electron chi connectivity index (χ4n) is 1.72. The number of aliphatic hydroxyl groups is 1. The van der Waals surface area contributed by atoms with Crippen LogP contribution in [0.3, 0.4) is 0 Å². The zero-order chi connectivity index (χ0) is 13.8. The van der Waals surface area contributed by atoms with Gasteiger partial charge in [-0.25, -0.2) is 0 Å². The van der Waals surface area contributed by atoms with E-state index in [1.165, 1.54) is 0 Å². The van der Waals surface area contributed by atoms with Crippen molar-refractivity contribution in [2.24, 2.45) is 0 Å². The molecule has 0 spiro atoms. The Hall–Kier alpha value is -1.72. The molecule has 0 aliphatic carbocycles. The average molecular weight is 261 g/mol. The van der Waals surface area contributed by atoms with E-state index < -0.39 is 0 Å². The van der Waals surface area contributed by atoms with Crippen LogP contribution < -0.4 is 0 Å². The Bertz CT molecular complexity index is 539. The first-order valence-corrected chi connectivity index (χ1v) is 6.30. The van der Waals surface area contributed by atoms with Gasteiger partial charge in [0.1, 0.15) is 0 Å². The molecule has 1 unspecified atom stereocenters. The van der Waals surface area contributed by atoms with Crippen LogP contribution in [0.15, 0.2) is 28.7 Å². The van der Waals surface area contributed by atoms with Gasteiger partial charge in [0.2, 0.25) is 11.8 Å². The molecule has 2 rings (SSSR count). The van der Waals surface area contributed by atoms with E-state index in [-0.39, 0.29) is 12.6 Å². The minimum absolute atomic E-state index is 0.0642. The van der Waals surface area contributed by atoms with E-state index in [9.17, 15) is 0 Å². The van der Waals surface area contributed by atoms with Gasteiger partial charge >= 0.3 is 0 Å². The number of aromatic nitrogens is 2. The minimum atomic E-state index is 0.0642. The van der Waals surface area contributed by atoms with Crippen LogP contribution in [0.2, 0.25) is 0 Å². The maximum Gasteiger partial charge on any atom is 0.247 e. The van der Waals surface area contributed by atoms with Crippen LogP contribution in [0, 0.1) is 6.92 Å². The van der Waals surface area contributed by atoms with Crippen molar-refractivity contribution in [2.75, 3.05) is 13.7 Å². The van der Waals surface area contributed by atoms with Crippen molar-refractivity contribution < 1.29 is 9.52 Å². The number of aryl methyl sites for hydroxylation is 1. The Kier molecular flexibility index (Phi) is 4.29. The van der Waals surface area contributed by atoms with Gasteiger partial charge in [0, 0.05) is 11.6 Å². The van der Waals surface area contributed by atoms with Gasteiger partial charge in [-0.3, -0.25) is 4.90 Å². The summed E-state index contributed by atoms with van der Waals surface area (Å²) >= 11 is 0. The van der Waals surface area contributed by atoms with E-state index >= 15 is 0 Å². The summed E-state index contributed by atoms with van der Waals surface area (Å²) < 4.78 is 5.64. The molecule has 1 aromatic carbocycles. The Morgan fingerprint density at radius 2 is 2.16 bits per heavy atom. The predicted molar refractivity (Wildman–Crippen MR) is 72.5 cm³/mol. The maximum absolute atomic E-state index is 9.09. The summed E-state index contributed by atoms with van der Waals surface area (Å²) in [6, 6.07) is 8.02. The van der Waals surface area contributed by atoms with E-state index in [1.807, 2.05) is 50.1 Å². The summed E-state index contributed by atoms with van der Waals surface area (Å²) in [7, 11) is 1.91. The lowest BCUT2D eigenvalue weighted by Gasteiger charge is -2.20. The number of benzene rings is 1. The van der Waals surface area contributed by atoms with Crippen LogP contribution >= 0.6 is 0 Å². The quantitative estimate of drug-likeness (QED) is 0.890. The van der Waals surface area contributed by atoms with Gasteiger partial charge in [-0.2, -0.15) is 0 Å². The summed E-state index contributed by atoms with van der Waals surface area (Å²) in [4.78, 5) is 1.97. The third-order valence-corrected chi connectivity index (χ3v) is 3.13. The summed E-state index contributed by atoms with van der Waals surface area (Å²) in [5, 5.41) is 17.2. The molecule has 1 N–H and O–H groups in total. The number of nitrogens with zero attached hydrogens (tertiary/aromatic N) is 3. The lowest BCUT2D eigenvalue weighted by atomic mass is 10.1. The molecule has 19 heavy (non-hydrogen) atoms. The molecule has 1 heterocycles. The largest absolute Gasteiger partial charge is 0.419 e. The van der Waals surface area contributed by atoms with Crippen molar-refractivity contribution in [2.45, 2.75) is 26.4 Å². The molecule has 0 radical (unpaired) electrons. The molecule has 0 bridgehead atoms. The minimum Gasteiger partial charge on any atom is -0.419 e. The Labute approximate surface area is 112 Å². The molecule has 1 aromatic heterocycles. The topological polar surface area (TPSA) is 62.4 Å². The van der Waals surface area contributed by atoms with Gasteiger partial charge in [-0.05, 0) is 33.0 Å². The molecule has 0 amide bonds. The molecular formula is C14H19N3O2. The highest BCUT2D eigenvalue weighted by atomic mass is 16.4. The predicted octanol–water partition coefficient (Wildman–Crippen LogP) is 1.86. The first-order chi connectivity index (χ1) is 9.10. The van der Waals surface area contributed by atoms with Crippen molar-refractivity contribution in [3.05, 3.63) is 35.7 Å². The molecule has 5 nitrogen and oxygen atoms in total. The zero-order valence-electron chi connectivity index (χ0n) is 11.5. The van der Waals surface area contributed by atoms with Crippen LogP contribution in [-0.2, 0) is 6.54 Å². The first-order valence-electron chi connectivity index (χ1n) is 6.30. The number of hydrogen-bond donors (Lipinski definition) is 1. The monoisotopic (exact) mass is 261 g/mol. The molecule has 0 aliphatic rings. The highest BCUT2D eigenvalue weighted by molar-refractivity contribution is 5.53. The van der Waals surface area contributed by atoms with Crippen LogP contribution in [0.25, 0.3) is 11.5 Å². The summed E-state index contributed by atoms with van der Waals surface area (Å²) in [5.74, 6) is 1.09. The van der Waals surface area contributed by atoms with Gasteiger partial charge in [0.05, 0.1) is 13.2 Å². The summed E-state index contributed by atoms with van der Waals surface area (Å²) in [5.41, 5.74) is 2.08. The number of likely N-dealkylation sites (N-methyl/N-ethyl adjacent to an activating group) is 1. The third kappa shape index (κ3) is 3.39. The number of rotatable bonds is 5. The van der Waals surface area contributed by atoms with Crippen LogP contribution in [0.1, 0.15) is 18.4 Å². The molecule has 0 fully saturated rings. The van der Waals surface area contributed by atoms with Gasteiger partial charge in [0.25, 0.3) is 0 Å². The van der Waals surface area contributed by atoms with E-state index in [1.54, 1.807) is 0 Å². The van der Waals surface area contributed by atoms with Crippen molar-refractivity contribution in [1.82, 2.24) is 15.1 Å². The van der Waals surface area contributed by atoms with Crippen LogP contribution in [-0.4, -0.2) is 39.9 Å². The number of hydrogen-bond acceptors (Lipinski definition) is 5. The Morgan fingerprint density at radius 1 is 1.37 bits per heavy atom. The van der Waals surface area contributed by atoms with Crippen molar-refractivity contribution in [3.63, 3.8) is 0 Å².